The molecule has 100 valence electrons. The third-order valence-electron chi connectivity index (χ3n) is 3.97. The molecule has 2 rings (SSSR count). The van der Waals surface area contributed by atoms with Crippen molar-refractivity contribution in [2.75, 3.05) is 12.8 Å². The Morgan fingerprint density at radius 2 is 2.06 bits per heavy atom. The first-order valence-electron chi connectivity index (χ1n) is 6.72. The molecular weight excluding hydrogens is 226 g/mol. The van der Waals surface area contributed by atoms with Gasteiger partial charge in [0.05, 0.1) is 12.1 Å². The van der Waals surface area contributed by atoms with Gasteiger partial charge in [-0.2, -0.15) is 0 Å². The average molecular weight is 249 g/mol. The highest BCUT2D eigenvalue weighted by atomic mass is 16.5. The molecule has 1 heterocycles. The number of rotatable bonds is 4. The van der Waals surface area contributed by atoms with E-state index in [9.17, 15) is 0 Å². The number of aromatic nitrogens is 1. The molecule has 4 nitrogen and oxygen atoms in total. The van der Waals surface area contributed by atoms with Crippen LogP contribution in [0.25, 0.3) is 0 Å². The van der Waals surface area contributed by atoms with Crippen molar-refractivity contribution in [3.63, 3.8) is 0 Å². The zero-order valence-corrected chi connectivity index (χ0v) is 11.0. The minimum Gasteiger partial charge on any atom is -0.383 e. The van der Waals surface area contributed by atoms with E-state index in [0.29, 0.717) is 11.7 Å². The molecule has 1 saturated carbocycles. The van der Waals surface area contributed by atoms with Crippen LogP contribution in [0.3, 0.4) is 0 Å². The molecule has 1 aromatic heterocycles. The van der Waals surface area contributed by atoms with Gasteiger partial charge in [0, 0.05) is 18.9 Å². The molecule has 4 N–H and O–H groups in total. The van der Waals surface area contributed by atoms with Gasteiger partial charge < -0.3 is 16.2 Å². The molecule has 1 aliphatic carbocycles. The molecule has 0 radical (unpaired) electrons. The van der Waals surface area contributed by atoms with Gasteiger partial charge in [0.25, 0.3) is 0 Å². The van der Waals surface area contributed by atoms with Gasteiger partial charge in [-0.1, -0.05) is 25.3 Å². The van der Waals surface area contributed by atoms with E-state index in [4.69, 9.17) is 16.2 Å². The predicted octanol–water partition coefficient (Wildman–Crippen LogP) is 2.26. The number of nitrogens with two attached hydrogens (primary N) is 2. The number of nitrogens with zero attached hydrogens (tertiary/aromatic N) is 1. The number of hydrogen-bond donors (Lipinski definition) is 2. The van der Waals surface area contributed by atoms with Crippen LogP contribution >= 0.6 is 0 Å². The van der Waals surface area contributed by atoms with Crippen LogP contribution < -0.4 is 11.5 Å². The molecule has 0 bridgehead atoms. The summed E-state index contributed by atoms with van der Waals surface area (Å²) in [6, 6.07) is 3.63. The van der Waals surface area contributed by atoms with Crippen LogP contribution in [-0.4, -0.2) is 18.2 Å². The Morgan fingerprint density at radius 1 is 1.33 bits per heavy atom. The lowest BCUT2D eigenvalue weighted by molar-refractivity contribution is 0.0174. The average Bonchev–Trinajstić information content (AvgIpc) is 2.41. The third kappa shape index (κ3) is 2.82. The first-order chi connectivity index (χ1) is 8.74. The second-order valence-electron chi connectivity index (χ2n) is 5.10. The van der Waals surface area contributed by atoms with Gasteiger partial charge >= 0.3 is 0 Å². The molecule has 2 unspecified atom stereocenters. The fraction of sp³-hybridized carbons (Fsp3) is 0.643. The largest absolute Gasteiger partial charge is 0.383 e. The van der Waals surface area contributed by atoms with Crippen molar-refractivity contribution in [1.82, 2.24) is 4.98 Å². The van der Waals surface area contributed by atoms with Crippen molar-refractivity contribution >= 4 is 5.82 Å². The van der Waals surface area contributed by atoms with Crippen LogP contribution in [0.1, 0.15) is 43.7 Å². The van der Waals surface area contributed by atoms with Gasteiger partial charge in [-0.15, -0.1) is 0 Å². The van der Waals surface area contributed by atoms with Crippen molar-refractivity contribution < 1.29 is 4.74 Å². The van der Waals surface area contributed by atoms with E-state index >= 15 is 0 Å². The maximum absolute atomic E-state index is 6.34. The van der Waals surface area contributed by atoms with Crippen molar-refractivity contribution in [2.45, 2.75) is 44.2 Å². The highest BCUT2D eigenvalue weighted by Gasteiger charge is 2.30. The van der Waals surface area contributed by atoms with E-state index in [2.05, 4.69) is 4.98 Å². The summed E-state index contributed by atoms with van der Waals surface area (Å²) in [7, 11) is 1.74. The lowest BCUT2D eigenvalue weighted by Gasteiger charge is -2.33. The minimum absolute atomic E-state index is 0.0387. The number of methoxy groups -OCH3 is 1. The minimum atomic E-state index is -0.188. The van der Waals surface area contributed by atoms with Crippen molar-refractivity contribution in [3.8, 4) is 0 Å². The summed E-state index contributed by atoms with van der Waals surface area (Å²) in [5.41, 5.74) is 13.1. The number of anilines is 1. The molecule has 0 aliphatic heterocycles. The van der Waals surface area contributed by atoms with E-state index < -0.39 is 0 Å². The molecule has 0 aromatic carbocycles. The summed E-state index contributed by atoms with van der Waals surface area (Å²) in [4.78, 5) is 4.10. The quantitative estimate of drug-likeness (QED) is 0.858. The normalized spacial score (nSPS) is 20.6. The molecule has 1 aliphatic rings. The number of ether oxygens (including phenoxy) is 1. The molecule has 0 amide bonds. The van der Waals surface area contributed by atoms with Crippen LogP contribution in [0, 0.1) is 5.92 Å². The van der Waals surface area contributed by atoms with Gasteiger partial charge in [-0.05, 0) is 24.8 Å². The maximum atomic E-state index is 6.34. The van der Waals surface area contributed by atoms with Crippen LogP contribution in [0.15, 0.2) is 18.3 Å². The third-order valence-corrected chi connectivity index (χ3v) is 3.97. The second-order valence-corrected chi connectivity index (χ2v) is 5.10. The number of nitrogen functional groups attached to an aromatic ring is 1. The van der Waals surface area contributed by atoms with Crippen molar-refractivity contribution in [1.29, 1.82) is 0 Å². The summed E-state index contributed by atoms with van der Waals surface area (Å²) in [5, 5.41) is 0. The Bertz CT molecular complexity index is 377. The SMILES string of the molecule is COC(C1CCCCC1)C(N)c1cccnc1N. The standard InChI is InChI=1S/C14H23N3O/c1-18-13(10-6-3-2-4-7-10)12(15)11-8-5-9-17-14(11)16/h5,8-10,12-13H,2-4,6-7,15H2,1H3,(H2,16,17). The Hall–Kier alpha value is -1.13. The first-order valence-corrected chi connectivity index (χ1v) is 6.72. The van der Waals surface area contributed by atoms with Crippen LogP contribution in [0.2, 0.25) is 0 Å². The Balaban J connectivity index is 2.14. The van der Waals surface area contributed by atoms with E-state index in [-0.39, 0.29) is 12.1 Å². The summed E-state index contributed by atoms with van der Waals surface area (Å²) in [6.07, 6.45) is 8.01. The van der Waals surface area contributed by atoms with Gasteiger partial charge in [-0.25, -0.2) is 4.98 Å². The Kier molecular flexibility index (Phi) is 4.55. The summed E-state index contributed by atoms with van der Waals surface area (Å²) in [5.74, 6) is 1.06. The highest BCUT2D eigenvalue weighted by Crippen LogP contribution is 2.33. The molecule has 0 saturated heterocycles. The molecule has 18 heavy (non-hydrogen) atoms. The Morgan fingerprint density at radius 3 is 2.67 bits per heavy atom. The monoisotopic (exact) mass is 249 g/mol. The summed E-state index contributed by atoms with van der Waals surface area (Å²) >= 11 is 0. The number of pyridine rings is 1. The van der Waals surface area contributed by atoms with Gasteiger partial charge in [-0.3, -0.25) is 0 Å². The molecule has 1 aromatic rings. The van der Waals surface area contributed by atoms with Gasteiger partial charge in [0.1, 0.15) is 5.82 Å². The van der Waals surface area contributed by atoms with E-state index in [1.165, 1.54) is 32.1 Å². The second kappa shape index (κ2) is 6.16. The predicted molar refractivity (Wildman–Crippen MR) is 72.9 cm³/mol. The van der Waals surface area contributed by atoms with Crippen LogP contribution in [0.5, 0.6) is 0 Å². The first kappa shape index (κ1) is 13.3. The fourth-order valence-corrected chi connectivity index (χ4v) is 2.98. The lowest BCUT2D eigenvalue weighted by atomic mass is 9.81. The molecule has 1 fully saturated rings. The molecule has 2 atom stereocenters. The molecule has 0 spiro atoms. The summed E-state index contributed by atoms with van der Waals surface area (Å²) < 4.78 is 5.65. The van der Waals surface area contributed by atoms with Crippen molar-refractivity contribution in [2.24, 2.45) is 11.7 Å². The van der Waals surface area contributed by atoms with Gasteiger partial charge in [0.2, 0.25) is 0 Å². The molecular formula is C14H23N3O. The lowest BCUT2D eigenvalue weighted by Crippen LogP contribution is -2.36. The smallest absolute Gasteiger partial charge is 0.128 e. The van der Waals surface area contributed by atoms with Crippen molar-refractivity contribution in [3.05, 3.63) is 23.9 Å². The maximum Gasteiger partial charge on any atom is 0.128 e. The summed E-state index contributed by atoms with van der Waals surface area (Å²) in [6.45, 7) is 0. The van der Waals surface area contributed by atoms with Crippen LogP contribution in [-0.2, 0) is 4.74 Å². The highest BCUT2D eigenvalue weighted by molar-refractivity contribution is 5.41. The fourth-order valence-electron chi connectivity index (χ4n) is 2.98. The molecule has 4 heteroatoms. The van der Waals surface area contributed by atoms with E-state index in [1.807, 2.05) is 12.1 Å². The zero-order valence-electron chi connectivity index (χ0n) is 11.0. The Labute approximate surface area is 109 Å². The van der Waals surface area contributed by atoms with E-state index in [0.717, 1.165) is 5.56 Å². The zero-order chi connectivity index (χ0) is 13.0. The number of hydrogen-bond acceptors (Lipinski definition) is 4. The topological polar surface area (TPSA) is 74.2 Å². The van der Waals surface area contributed by atoms with Gasteiger partial charge in [0.15, 0.2) is 0 Å². The van der Waals surface area contributed by atoms with Crippen LogP contribution in [0.4, 0.5) is 5.82 Å². The van der Waals surface area contributed by atoms with E-state index in [1.54, 1.807) is 13.3 Å².